The van der Waals surface area contributed by atoms with Crippen molar-refractivity contribution in [3.63, 3.8) is 0 Å². The van der Waals surface area contributed by atoms with E-state index in [0.717, 1.165) is 0 Å². The van der Waals surface area contributed by atoms with E-state index in [9.17, 15) is 40.9 Å². The molecule has 8 N–H and O–H groups in total. The second-order valence-electron chi connectivity index (χ2n) is 6.76. The van der Waals surface area contributed by atoms with Crippen LogP contribution in [0.1, 0.15) is 13.8 Å². The molecule has 9 nitrogen and oxygen atoms in total. The molecule has 0 bridgehead atoms. The molecule has 0 heterocycles. The first-order chi connectivity index (χ1) is 11.7. The van der Waals surface area contributed by atoms with Crippen LogP contribution in [0.25, 0.3) is 0 Å². The van der Waals surface area contributed by atoms with Crippen molar-refractivity contribution < 1.29 is 45.6 Å². The highest BCUT2D eigenvalue weighted by Crippen LogP contribution is 2.29. The minimum atomic E-state index is -1.74. The maximum absolute atomic E-state index is 10.5. The highest BCUT2D eigenvalue weighted by atomic mass is 16.5. The van der Waals surface area contributed by atoms with Gasteiger partial charge in [-0.05, 0) is 0 Å². The predicted octanol–water partition coefficient (Wildman–Crippen LogP) is -3.08. The average molecular weight is 370 g/mol. The molecule has 0 aromatic carbocycles. The van der Waals surface area contributed by atoms with Gasteiger partial charge in [0.15, 0.2) is 0 Å². The van der Waals surface area contributed by atoms with Gasteiger partial charge < -0.3 is 45.6 Å². The second kappa shape index (κ2) is 11.4. The number of ether oxygens (including phenoxy) is 1. The number of aliphatic hydroxyl groups is 8. The number of rotatable bonds is 14. The molecule has 0 aromatic heterocycles. The van der Waals surface area contributed by atoms with Crippen LogP contribution < -0.4 is 0 Å². The second-order valence-corrected chi connectivity index (χ2v) is 6.76. The Morgan fingerprint density at radius 1 is 0.640 bits per heavy atom. The van der Waals surface area contributed by atoms with Gasteiger partial charge in [-0.25, -0.2) is 0 Å². The fourth-order valence-corrected chi connectivity index (χ4v) is 2.83. The van der Waals surface area contributed by atoms with Crippen LogP contribution in [0, 0.1) is 23.7 Å². The molecule has 0 saturated carbocycles. The maximum atomic E-state index is 10.5. The van der Waals surface area contributed by atoms with E-state index in [1.54, 1.807) is 13.8 Å². The molecule has 0 amide bonds. The highest BCUT2D eigenvalue weighted by Gasteiger charge is 2.43. The maximum Gasteiger partial charge on any atom is 0.0996 e. The Labute approximate surface area is 148 Å². The van der Waals surface area contributed by atoms with Crippen LogP contribution in [-0.2, 0) is 4.74 Å². The minimum absolute atomic E-state index is 0.0394. The van der Waals surface area contributed by atoms with Gasteiger partial charge in [-0.1, -0.05) is 13.8 Å². The standard InChI is InChI=1S/C16H34O9/c1-11(15(23,9-21)13(3-17)4-18)7-25-8-12(2)16(24,10-22)14(5-19)6-20/h11-14,17-24H,3-10H2,1-2H3. The van der Waals surface area contributed by atoms with Crippen LogP contribution in [0.2, 0.25) is 0 Å². The summed E-state index contributed by atoms with van der Waals surface area (Å²) >= 11 is 0. The van der Waals surface area contributed by atoms with Crippen LogP contribution in [0.4, 0.5) is 0 Å². The SMILES string of the molecule is CC(COCC(C)C(O)(CO)C(CO)CO)C(O)(CO)C(CO)CO. The molecular formula is C16H34O9. The van der Waals surface area contributed by atoms with Gasteiger partial charge in [0, 0.05) is 23.7 Å². The quantitative estimate of drug-likeness (QED) is 0.158. The molecular weight excluding hydrogens is 336 g/mol. The summed E-state index contributed by atoms with van der Waals surface area (Å²) in [6.07, 6.45) is 0. The van der Waals surface area contributed by atoms with Crippen LogP contribution >= 0.6 is 0 Å². The predicted molar refractivity (Wildman–Crippen MR) is 88.5 cm³/mol. The summed E-state index contributed by atoms with van der Waals surface area (Å²) in [6.45, 7) is -0.276. The summed E-state index contributed by atoms with van der Waals surface area (Å²) in [6, 6.07) is 0. The Morgan fingerprint density at radius 2 is 0.920 bits per heavy atom. The summed E-state index contributed by atoms with van der Waals surface area (Å²) in [5.74, 6) is -3.14. The molecule has 0 radical (unpaired) electrons. The Kier molecular flexibility index (Phi) is 11.2. The minimum Gasteiger partial charge on any atom is -0.396 e. The third kappa shape index (κ3) is 5.81. The normalized spacial score (nSPS) is 19.7. The Morgan fingerprint density at radius 3 is 1.12 bits per heavy atom. The highest BCUT2D eigenvalue weighted by molar-refractivity contribution is 4.92. The number of hydrogen-bond donors (Lipinski definition) is 8. The molecule has 0 aromatic rings. The molecule has 0 saturated heterocycles. The van der Waals surface area contributed by atoms with E-state index in [1.165, 1.54) is 0 Å². The lowest BCUT2D eigenvalue weighted by Gasteiger charge is -2.39. The van der Waals surface area contributed by atoms with Crippen molar-refractivity contribution >= 4 is 0 Å². The van der Waals surface area contributed by atoms with Gasteiger partial charge in [0.2, 0.25) is 0 Å². The molecule has 0 rings (SSSR count). The Bertz CT molecular complexity index is 316. The zero-order chi connectivity index (χ0) is 19.7. The van der Waals surface area contributed by atoms with Crippen molar-refractivity contribution in [1.82, 2.24) is 0 Å². The topological polar surface area (TPSA) is 171 Å². The largest absolute Gasteiger partial charge is 0.396 e. The smallest absolute Gasteiger partial charge is 0.0996 e. The van der Waals surface area contributed by atoms with Gasteiger partial charge in [0.25, 0.3) is 0 Å². The van der Waals surface area contributed by atoms with Gasteiger partial charge in [-0.2, -0.15) is 0 Å². The molecule has 0 aliphatic carbocycles. The zero-order valence-electron chi connectivity index (χ0n) is 15.0. The van der Waals surface area contributed by atoms with Gasteiger partial charge >= 0.3 is 0 Å². The number of hydrogen-bond acceptors (Lipinski definition) is 9. The third-order valence-electron chi connectivity index (χ3n) is 5.24. The summed E-state index contributed by atoms with van der Waals surface area (Å²) < 4.78 is 5.46. The van der Waals surface area contributed by atoms with Crippen LogP contribution in [0.15, 0.2) is 0 Å². The molecule has 0 aliphatic heterocycles. The summed E-state index contributed by atoms with van der Waals surface area (Å²) in [5.41, 5.74) is -3.47. The van der Waals surface area contributed by atoms with Crippen LogP contribution in [0.3, 0.4) is 0 Å². The molecule has 4 atom stereocenters. The van der Waals surface area contributed by atoms with Crippen LogP contribution in [0.5, 0.6) is 0 Å². The van der Waals surface area contributed by atoms with Gasteiger partial charge in [-0.15, -0.1) is 0 Å². The molecule has 0 spiro atoms. The number of aliphatic hydroxyl groups excluding tert-OH is 6. The molecule has 152 valence electrons. The molecule has 9 heteroatoms. The third-order valence-corrected chi connectivity index (χ3v) is 5.24. The first-order valence-electron chi connectivity index (χ1n) is 8.39. The lowest BCUT2D eigenvalue weighted by atomic mass is 9.78. The lowest BCUT2D eigenvalue weighted by Crippen LogP contribution is -2.53. The van der Waals surface area contributed by atoms with E-state index in [2.05, 4.69) is 0 Å². The first-order valence-corrected chi connectivity index (χ1v) is 8.39. The Balaban J connectivity index is 4.81. The summed E-state index contributed by atoms with van der Waals surface area (Å²) in [7, 11) is 0. The van der Waals surface area contributed by atoms with Crippen LogP contribution in [-0.4, -0.2) is 105 Å². The van der Waals surface area contributed by atoms with E-state index in [4.69, 9.17) is 4.74 Å². The first kappa shape index (κ1) is 24.6. The fraction of sp³-hybridized carbons (Fsp3) is 1.00. The van der Waals surface area contributed by atoms with E-state index in [1.807, 2.05) is 0 Å². The van der Waals surface area contributed by atoms with E-state index in [0.29, 0.717) is 0 Å². The zero-order valence-corrected chi connectivity index (χ0v) is 15.0. The summed E-state index contributed by atoms with van der Waals surface area (Å²) in [5, 5.41) is 76.8. The fourth-order valence-electron chi connectivity index (χ4n) is 2.83. The van der Waals surface area contributed by atoms with Crippen molar-refractivity contribution in [1.29, 1.82) is 0 Å². The van der Waals surface area contributed by atoms with Crippen molar-refractivity contribution in [3.8, 4) is 0 Å². The van der Waals surface area contributed by atoms with Gasteiger partial charge in [-0.3, -0.25) is 0 Å². The van der Waals surface area contributed by atoms with E-state index in [-0.39, 0.29) is 13.2 Å². The van der Waals surface area contributed by atoms with Crippen molar-refractivity contribution in [2.75, 3.05) is 52.9 Å². The van der Waals surface area contributed by atoms with Crippen molar-refractivity contribution in [2.45, 2.75) is 25.0 Å². The molecule has 4 unspecified atom stereocenters. The van der Waals surface area contributed by atoms with Gasteiger partial charge in [0.1, 0.15) is 0 Å². The summed E-state index contributed by atoms with van der Waals surface area (Å²) in [4.78, 5) is 0. The van der Waals surface area contributed by atoms with Crippen molar-refractivity contribution in [3.05, 3.63) is 0 Å². The van der Waals surface area contributed by atoms with E-state index < -0.39 is 74.5 Å². The van der Waals surface area contributed by atoms with Gasteiger partial charge in [0.05, 0.1) is 64.1 Å². The Hall–Kier alpha value is -0.360. The lowest BCUT2D eigenvalue weighted by molar-refractivity contribution is -0.157. The van der Waals surface area contributed by atoms with E-state index >= 15 is 0 Å². The molecule has 25 heavy (non-hydrogen) atoms. The monoisotopic (exact) mass is 370 g/mol. The average Bonchev–Trinajstić information content (AvgIpc) is 2.62. The van der Waals surface area contributed by atoms with Crippen molar-refractivity contribution in [2.24, 2.45) is 23.7 Å². The molecule has 0 fully saturated rings. The molecule has 0 aliphatic rings.